The lowest BCUT2D eigenvalue weighted by molar-refractivity contribution is -0.122. The third-order valence-corrected chi connectivity index (χ3v) is 4.59. The van der Waals surface area contributed by atoms with Crippen LogP contribution in [0.5, 0.6) is 0 Å². The standard InChI is InChI=1S/C15H21BrN2O/c1-10-13(16)8-5-9-14(10)17-11(2)15(19)18-12-6-3-4-7-12/h5,8-9,11-12,17H,3-4,6-7H2,1-2H3,(H,18,19). The molecule has 1 atom stereocenters. The van der Waals surface area contributed by atoms with Crippen molar-refractivity contribution in [3.8, 4) is 0 Å². The van der Waals surface area contributed by atoms with Gasteiger partial charge in [-0.05, 0) is 44.4 Å². The molecule has 0 radical (unpaired) electrons. The smallest absolute Gasteiger partial charge is 0.242 e. The number of rotatable bonds is 4. The molecule has 4 heteroatoms. The van der Waals surface area contributed by atoms with E-state index in [1.54, 1.807) is 0 Å². The fraction of sp³-hybridized carbons (Fsp3) is 0.533. The van der Waals surface area contributed by atoms with Crippen molar-refractivity contribution < 1.29 is 4.79 Å². The van der Waals surface area contributed by atoms with Crippen LogP contribution in [0.15, 0.2) is 22.7 Å². The summed E-state index contributed by atoms with van der Waals surface area (Å²) in [5.74, 6) is 0.0891. The predicted octanol–water partition coefficient (Wildman–Crippen LogP) is 3.62. The maximum Gasteiger partial charge on any atom is 0.242 e. The van der Waals surface area contributed by atoms with Crippen molar-refractivity contribution in [2.45, 2.75) is 51.6 Å². The van der Waals surface area contributed by atoms with Gasteiger partial charge in [0.05, 0.1) is 0 Å². The van der Waals surface area contributed by atoms with Crippen LogP contribution in [0.25, 0.3) is 0 Å². The van der Waals surface area contributed by atoms with E-state index in [9.17, 15) is 4.79 Å². The number of amides is 1. The summed E-state index contributed by atoms with van der Waals surface area (Å²) >= 11 is 3.50. The van der Waals surface area contributed by atoms with Crippen molar-refractivity contribution in [2.24, 2.45) is 0 Å². The zero-order chi connectivity index (χ0) is 13.8. The summed E-state index contributed by atoms with van der Waals surface area (Å²) in [7, 11) is 0. The van der Waals surface area contributed by atoms with Gasteiger partial charge in [0.15, 0.2) is 0 Å². The van der Waals surface area contributed by atoms with Gasteiger partial charge >= 0.3 is 0 Å². The van der Waals surface area contributed by atoms with Crippen LogP contribution in [-0.4, -0.2) is 18.0 Å². The second kappa shape index (κ2) is 6.42. The Labute approximate surface area is 123 Å². The minimum absolute atomic E-state index is 0.0891. The van der Waals surface area contributed by atoms with Crippen LogP contribution in [0.1, 0.15) is 38.2 Å². The van der Waals surface area contributed by atoms with Gasteiger partial charge < -0.3 is 10.6 Å². The average Bonchev–Trinajstić information content (AvgIpc) is 2.87. The van der Waals surface area contributed by atoms with Gasteiger partial charge in [0.2, 0.25) is 5.91 Å². The summed E-state index contributed by atoms with van der Waals surface area (Å²) in [6.45, 7) is 3.94. The molecule has 1 aromatic carbocycles. The molecule has 0 bridgehead atoms. The molecule has 0 aromatic heterocycles. The molecule has 1 unspecified atom stereocenters. The van der Waals surface area contributed by atoms with Crippen LogP contribution >= 0.6 is 15.9 Å². The molecule has 19 heavy (non-hydrogen) atoms. The lowest BCUT2D eigenvalue weighted by Crippen LogP contribution is -2.42. The van der Waals surface area contributed by atoms with E-state index in [0.29, 0.717) is 6.04 Å². The lowest BCUT2D eigenvalue weighted by Gasteiger charge is -2.20. The molecule has 104 valence electrons. The summed E-state index contributed by atoms with van der Waals surface area (Å²) in [5.41, 5.74) is 2.13. The Hall–Kier alpha value is -1.03. The third-order valence-electron chi connectivity index (χ3n) is 3.73. The SMILES string of the molecule is Cc1c(Br)cccc1NC(C)C(=O)NC1CCCC1. The predicted molar refractivity (Wildman–Crippen MR) is 82.4 cm³/mol. The Morgan fingerprint density at radius 1 is 1.37 bits per heavy atom. The maximum absolute atomic E-state index is 12.1. The first kappa shape index (κ1) is 14.4. The lowest BCUT2D eigenvalue weighted by atomic mass is 10.1. The highest BCUT2D eigenvalue weighted by atomic mass is 79.9. The minimum Gasteiger partial charge on any atom is -0.374 e. The van der Waals surface area contributed by atoms with Gasteiger partial charge in [0.1, 0.15) is 6.04 Å². The molecule has 1 aliphatic carbocycles. The largest absolute Gasteiger partial charge is 0.374 e. The number of carbonyl (C=O) groups is 1. The highest BCUT2D eigenvalue weighted by Gasteiger charge is 2.20. The molecule has 2 N–H and O–H groups in total. The molecule has 1 amide bonds. The second-order valence-corrected chi connectivity index (χ2v) is 6.12. The van der Waals surface area contributed by atoms with E-state index in [1.807, 2.05) is 32.0 Å². The van der Waals surface area contributed by atoms with Gasteiger partial charge in [-0.15, -0.1) is 0 Å². The van der Waals surface area contributed by atoms with Gasteiger partial charge in [-0.1, -0.05) is 34.8 Å². The zero-order valence-corrected chi connectivity index (χ0v) is 13.1. The first-order chi connectivity index (χ1) is 9.08. The topological polar surface area (TPSA) is 41.1 Å². The number of hydrogen-bond acceptors (Lipinski definition) is 2. The highest BCUT2D eigenvalue weighted by Crippen LogP contribution is 2.24. The fourth-order valence-corrected chi connectivity index (χ4v) is 2.83. The molecule has 0 saturated heterocycles. The summed E-state index contributed by atoms with van der Waals surface area (Å²) in [4.78, 5) is 12.1. The maximum atomic E-state index is 12.1. The number of halogens is 1. The number of anilines is 1. The summed E-state index contributed by atoms with van der Waals surface area (Å²) in [5, 5.41) is 6.40. The zero-order valence-electron chi connectivity index (χ0n) is 11.5. The van der Waals surface area contributed by atoms with Crippen LogP contribution in [0.2, 0.25) is 0 Å². The van der Waals surface area contributed by atoms with Crippen LogP contribution in [-0.2, 0) is 4.79 Å². The molecule has 0 heterocycles. The minimum atomic E-state index is -0.214. The second-order valence-electron chi connectivity index (χ2n) is 5.27. The summed E-state index contributed by atoms with van der Waals surface area (Å²) in [6.07, 6.45) is 4.71. The number of benzene rings is 1. The van der Waals surface area contributed by atoms with Gasteiger partial charge in [0, 0.05) is 16.2 Å². The molecule has 1 saturated carbocycles. The van der Waals surface area contributed by atoms with Gasteiger partial charge in [0.25, 0.3) is 0 Å². The van der Waals surface area contributed by atoms with Gasteiger partial charge in [-0.2, -0.15) is 0 Å². The quantitative estimate of drug-likeness (QED) is 0.888. The van der Waals surface area contributed by atoms with Crippen LogP contribution < -0.4 is 10.6 Å². The fourth-order valence-electron chi connectivity index (χ4n) is 2.46. The van der Waals surface area contributed by atoms with Crippen molar-refractivity contribution in [3.63, 3.8) is 0 Å². The molecule has 1 aromatic rings. The molecular formula is C15H21BrN2O. The molecule has 1 fully saturated rings. The Morgan fingerprint density at radius 3 is 2.74 bits per heavy atom. The summed E-state index contributed by atoms with van der Waals surface area (Å²) < 4.78 is 1.06. The Morgan fingerprint density at radius 2 is 2.05 bits per heavy atom. The van der Waals surface area contributed by atoms with Crippen molar-refractivity contribution in [1.29, 1.82) is 0 Å². The van der Waals surface area contributed by atoms with Crippen LogP contribution in [0, 0.1) is 6.92 Å². The summed E-state index contributed by atoms with van der Waals surface area (Å²) in [6, 6.07) is 6.14. The number of nitrogens with one attached hydrogen (secondary N) is 2. The van der Waals surface area contributed by atoms with Crippen molar-refractivity contribution in [1.82, 2.24) is 5.32 Å². The first-order valence-electron chi connectivity index (χ1n) is 6.90. The van der Waals surface area contributed by atoms with Crippen molar-refractivity contribution in [3.05, 3.63) is 28.2 Å². The van der Waals surface area contributed by atoms with Crippen LogP contribution in [0.4, 0.5) is 5.69 Å². The van der Waals surface area contributed by atoms with Gasteiger partial charge in [-0.25, -0.2) is 0 Å². The van der Waals surface area contributed by atoms with E-state index < -0.39 is 0 Å². The van der Waals surface area contributed by atoms with E-state index in [2.05, 4.69) is 26.6 Å². The first-order valence-corrected chi connectivity index (χ1v) is 7.69. The van der Waals surface area contributed by atoms with E-state index in [-0.39, 0.29) is 11.9 Å². The van der Waals surface area contributed by atoms with Gasteiger partial charge in [-0.3, -0.25) is 4.79 Å². The third kappa shape index (κ3) is 3.72. The van der Waals surface area contributed by atoms with Crippen molar-refractivity contribution >= 4 is 27.5 Å². The molecular weight excluding hydrogens is 304 g/mol. The Kier molecular flexibility index (Phi) is 4.86. The Balaban J connectivity index is 1.94. The molecule has 0 aliphatic heterocycles. The monoisotopic (exact) mass is 324 g/mol. The molecule has 2 rings (SSSR count). The average molecular weight is 325 g/mol. The van der Waals surface area contributed by atoms with Crippen LogP contribution in [0.3, 0.4) is 0 Å². The molecule has 1 aliphatic rings. The molecule has 3 nitrogen and oxygen atoms in total. The molecule has 0 spiro atoms. The number of carbonyl (C=O) groups excluding carboxylic acids is 1. The highest BCUT2D eigenvalue weighted by molar-refractivity contribution is 9.10. The van der Waals surface area contributed by atoms with E-state index in [0.717, 1.165) is 28.6 Å². The van der Waals surface area contributed by atoms with Crippen molar-refractivity contribution in [2.75, 3.05) is 5.32 Å². The number of hydrogen-bond donors (Lipinski definition) is 2. The Bertz CT molecular complexity index is 455. The van der Waals surface area contributed by atoms with E-state index in [1.165, 1.54) is 12.8 Å². The van der Waals surface area contributed by atoms with E-state index >= 15 is 0 Å². The normalized spacial score (nSPS) is 17.2. The van der Waals surface area contributed by atoms with E-state index in [4.69, 9.17) is 0 Å².